The molecule has 0 atom stereocenters. The van der Waals surface area contributed by atoms with Gasteiger partial charge in [-0.05, 0) is 6.42 Å². The van der Waals surface area contributed by atoms with Gasteiger partial charge in [-0.3, -0.25) is 14.5 Å². The molecule has 0 unspecified atom stereocenters. The van der Waals surface area contributed by atoms with Crippen molar-refractivity contribution in [3.05, 3.63) is 60.7 Å². The largest absolute Gasteiger partial charge is 0.282 e. The van der Waals surface area contributed by atoms with Crippen LogP contribution in [0.4, 0.5) is 0 Å². The molecule has 1 aliphatic heterocycles. The Hall–Kier alpha value is -3.06. The summed E-state index contributed by atoms with van der Waals surface area (Å²) in [5, 5.41) is 9.01. The summed E-state index contributed by atoms with van der Waals surface area (Å²) in [6, 6.07) is 19.5. The Kier molecular flexibility index (Phi) is 5.43. The topological polar surface area (TPSA) is 76.1 Å². The maximum Gasteiger partial charge on any atom is 0.239 e. The second kappa shape index (κ2) is 8.31. The number of rotatable bonds is 5. The van der Waals surface area contributed by atoms with E-state index in [1.54, 1.807) is 0 Å². The number of hydrogen-bond donors (Lipinski definition) is 0. The Morgan fingerprint density at radius 1 is 0.929 bits per heavy atom. The van der Waals surface area contributed by atoms with Gasteiger partial charge in [-0.25, -0.2) is 4.98 Å². The van der Waals surface area contributed by atoms with E-state index in [4.69, 9.17) is 0 Å². The summed E-state index contributed by atoms with van der Waals surface area (Å²) in [4.78, 5) is 30.0. The van der Waals surface area contributed by atoms with Gasteiger partial charge in [0.05, 0.1) is 5.75 Å². The molecule has 1 aliphatic rings. The SMILES string of the molecule is O=C1CCCN1C(=O)CSc1nnc(-c2ccccc2)c(-c2ccccc2)n1. The summed E-state index contributed by atoms with van der Waals surface area (Å²) in [7, 11) is 0. The van der Waals surface area contributed by atoms with Gasteiger partial charge in [0.15, 0.2) is 0 Å². The predicted molar refractivity (Wildman–Crippen MR) is 107 cm³/mol. The van der Waals surface area contributed by atoms with Crippen molar-refractivity contribution in [2.75, 3.05) is 12.3 Å². The number of aromatic nitrogens is 3. The minimum atomic E-state index is -0.204. The van der Waals surface area contributed by atoms with Gasteiger partial charge in [0.1, 0.15) is 11.4 Å². The number of likely N-dealkylation sites (tertiary alicyclic amines) is 1. The van der Waals surface area contributed by atoms with Gasteiger partial charge in [-0.15, -0.1) is 10.2 Å². The molecule has 0 radical (unpaired) electrons. The number of benzene rings is 2. The predicted octanol–water partition coefficient (Wildman–Crippen LogP) is 3.45. The summed E-state index contributed by atoms with van der Waals surface area (Å²) >= 11 is 1.20. The summed E-state index contributed by atoms with van der Waals surface area (Å²) in [6.45, 7) is 0.500. The van der Waals surface area contributed by atoms with E-state index in [2.05, 4.69) is 15.2 Å². The normalized spacial score (nSPS) is 13.7. The molecular formula is C21H18N4O2S. The zero-order chi connectivity index (χ0) is 19.3. The first kappa shape index (κ1) is 18.3. The van der Waals surface area contributed by atoms with Crippen LogP contribution < -0.4 is 0 Å². The number of carbonyl (C=O) groups is 2. The average Bonchev–Trinajstić information content (AvgIpc) is 3.19. The van der Waals surface area contributed by atoms with Crippen molar-refractivity contribution in [2.45, 2.75) is 18.0 Å². The van der Waals surface area contributed by atoms with Crippen molar-refractivity contribution in [3.63, 3.8) is 0 Å². The number of nitrogens with zero attached hydrogens (tertiary/aromatic N) is 4. The molecule has 0 bridgehead atoms. The van der Waals surface area contributed by atoms with E-state index in [1.165, 1.54) is 16.7 Å². The van der Waals surface area contributed by atoms with Crippen LogP contribution in [0.3, 0.4) is 0 Å². The van der Waals surface area contributed by atoms with Crippen LogP contribution >= 0.6 is 11.8 Å². The first-order valence-corrected chi connectivity index (χ1v) is 10.0. The molecule has 140 valence electrons. The highest BCUT2D eigenvalue weighted by molar-refractivity contribution is 7.99. The van der Waals surface area contributed by atoms with Crippen LogP contribution in [0, 0.1) is 0 Å². The second-order valence-electron chi connectivity index (χ2n) is 6.35. The molecule has 1 aromatic heterocycles. The van der Waals surface area contributed by atoms with Crippen molar-refractivity contribution < 1.29 is 9.59 Å². The molecule has 28 heavy (non-hydrogen) atoms. The fourth-order valence-electron chi connectivity index (χ4n) is 3.08. The summed E-state index contributed by atoms with van der Waals surface area (Å²) in [6.07, 6.45) is 1.18. The maximum absolute atomic E-state index is 12.3. The van der Waals surface area contributed by atoms with Crippen LogP contribution in [0.2, 0.25) is 0 Å². The molecule has 0 N–H and O–H groups in total. The lowest BCUT2D eigenvalue weighted by Gasteiger charge is -2.13. The van der Waals surface area contributed by atoms with E-state index < -0.39 is 0 Å². The molecule has 2 amide bonds. The van der Waals surface area contributed by atoms with E-state index in [0.717, 1.165) is 17.5 Å². The molecule has 7 heteroatoms. The molecule has 2 heterocycles. The van der Waals surface area contributed by atoms with Crippen LogP contribution in [0.5, 0.6) is 0 Å². The highest BCUT2D eigenvalue weighted by Crippen LogP contribution is 2.29. The highest BCUT2D eigenvalue weighted by Gasteiger charge is 2.26. The molecule has 0 saturated carbocycles. The third-order valence-electron chi connectivity index (χ3n) is 4.46. The lowest BCUT2D eigenvalue weighted by molar-refractivity contribution is -0.140. The van der Waals surface area contributed by atoms with E-state index in [0.29, 0.717) is 29.5 Å². The standard InChI is InChI=1S/C21H18N4O2S/c26-17-12-7-13-25(17)18(27)14-28-21-22-19(15-8-3-1-4-9-15)20(23-24-21)16-10-5-2-6-11-16/h1-6,8-11H,7,12-14H2. The second-order valence-corrected chi connectivity index (χ2v) is 7.30. The average molecular weight is 390 g/mol. The lowest BCUT2D eigenvalue weighted by atomic mass is 10.0. The van der Waals surface area contributed by atoms with Gasteiger partial charge in [0.2, 0.25) is 17.0 Å². The first-order chi connectivity index (χ1) is 13.7. The molecule has 2 aromatic carbocycles. The molecule has 3 aromatic rings. The van der Waals surface area contributed by atoms with Gasteiger partial charge in [0.25, 0.3) is 0 Å². The summed E-state index contributed by atoms with van der Waals surface area (Å²) in [5.74, 6) is -0.190. The Morgan fingerprint density at radius 2 is 1.57 bits per heavy atom. The van der Waals surface area contributed by atoms with Gasteiger partial charge in [-0.1, -0.05) is 72.4 Å². The fourth-order valence-corrected chi connectivity index (χ4v) is 3.74. The quantitative estimate of drug-likeness (QED) is 0.621. The maximum atomic E-state index is 12.3. The Balaban J connectivity index is 1.61. The molecule has 1 fully saturated rings. The van der Waals surface area contributed by atoms with Crippen molar-refractivity contribution >= 4 is 23.6 Å². The number of imide groups is 1. The molecular weight excluding hydrogens is 372 g/mol. The van der Waals surface area contributed by atoms with Crippen LogP contribution in [0.15, 0.2) is 65.8 Å². The molecule has 1 saturated heterocycles. The first-order valence-electron chi connectivity index (χ1n) is 9.04. The summed E-state index contributed by atoms with van der Waals surface area (Å²) in [5.41, 5.74) is 3.27. The van der Waals surface area contributed by atoms with Gasteiger partial charge < -0.3 is 0 Å². The van der Waals surface area contributed by atoms with Crippen molar-refractivity contribution in [3.8, 4) is 22.5 Å². The third kappa shape index (κ3) is 3.94. The number of thioether (sulfide) groups is 1. The van der Waals surface area contributed by atoms with Crippen molar-refractivity contribution in [2.24, 2.45) is 0 Å². The number of hydrogen-bond acceptors (Lipinski definition) is 6. The van der Waals surface area contributed by atoms with Gasteiger partial charge >= 0.3 is 0 Å². The van der Waals surface area contributed by atoms with E-state index in [-0.39, 0.29) is 17.6 Å². The van der Waals surface area contributed by atoms with Crippen molar-refractivity contribution in [1.82, 2.24) is 20.1 Å². The number of amides is 2. The monoisotopic (exact) mass is 390 g/mol. The van der Waals surface area contributed by atoms with E-state index in [1.807, 2.05) is 60.7 Å². The molecule has 0 aliphatic carbocycles. The Morgan fingerprint density at radius 3 is 2.18 bits per heavy atom. The number of carbonyl (C=O) groups excluding carboxylic acids is 2. The minimum absolute atomic E-state index is 0.103. The molecule has 6 nitrogen and oxygen atoms in total. The van der Waals surface area contributed by atoms with Crippen LogP contribution in [0.1, 0.15) is 12.8 Å². The molecule has 4 rings (SSSR count). The zero-order valence-corrected chi connectivity index (χ0v) is 15.9. The molecule has 0 spiro atoms. The fraction of sp³-hybridized carbons (Fsp3) is 0.190. The third-order valence-corrected chi connectivity index (χ3v) is 5.28. The van der Waals surface area contributed by atoms with Crippen LogP contribution in [0.25, 0.3) is 22.5 Å². The van der Waals surface area contributed by atoms with Gasteiger partial charge in [0, 0.05) is 24.1 Å². The minimum Gasteiger partial charge on any atom is -0.282 e. The smallest absolute Gasteiger partial charge is 0.239 e. The van der Waals surface area contributed by atoms with Crippen LogP contribution in [-0.4, -0.2) is 44.2 Å². The van der Waals surface area contributed by atoms with Crippen molar-refractivity contribution in [1.29, 1.82) is 0 Å². The highest BCUT2D eigenvalue weighted by atomic mass is 32.2. The van der Waals surface area contributed by atoms with Gasteiger partial charge in [-0.2, -0.15) is 0 Å². The summed E-state index contributed by atoms with van der Waals surface area (Å²) < 4.78 is 0. The lowest BCUT2D eigenvalue weighted by Crippen LogP contribution is -2.33. The Labute approximate surface area is 167 Å². The van der Waals surface area contributed by atoms with E-state index in [9.17, 15) is 9.59 Å². The van der Waals surface area contributed by atoms with Crippen LogP contribution in [-0.2, 0) is 9.59 Å². The van der Waals surface area contributed by atoms with E-state index >= 15 is 0 Å². The zero-order valence-electron chi connectivity index (χ0n) is 15.1. The Bertz CT molecular complexity index is 996.